The molecule has 1 saturated carbocycles. The van der Waals surface area contributed by atoms with Gasteiger partial charge in [-0.3, -0.25) is 4.79 Å². The zero-order valence-electron chi connectivity index (χ0n) is 14.3. The molecule has 0 radical (unpaired) electrons. The van der Waals surface area contributed by atoms with Crippen LogP contribution >= 0.6 is 11.6 Å². The molecule has 0 aliphatic heterocycles. The molecule has 1 aromatic carbocycles. The number of aromatic nitrogens is 1. The minimum Gasteiger partial charge on any atom is -0.468 e. The minimum absolute atomic E-state index is 0.119. The molecule has 2 aromatic heterocycles. The van der Waals surface area contributed by atoms with Crippen LogP contribution in [0.1, 0.15) is 48.0 Å². The monoisotopic (exact) mass is 374 g/mol. The predicted octanol–water partition coefficient (Wildman–Crippen LogP) is 4.54. The van der Waals surface area contributed by atoms with Gasteiger partial charge in [0.2, 0.25) is 0 Å². The van der Waals surface area contributed by atoms with E-state index in [1.54, 1.807) is 18.2 Å². The van der Waals surface area contributed by atoms with Crippen LogP contribution in [0, 0.1) is 0 Å². The molecule has 0 saturated heterocycles. The van der Waals surface area contributed by atoms with Crippen LogP contribution in [0.4, 0.5) is 0 Å². The molecule has 26 heavy (non-hydrogen) atoms. The fourth-order valence-electron chi connectivity index (χ4n) is 3.39. The first-order valence-electron chi connectivity index (χ1n) is 8.63. The smallest absolute Gasteiger partial charge is 0.287 e. The molecule has 1 aliphatic rings. The maximum Gasteiger partial charge on any atom is 0.287 e. The van der Waals surface area contributed by atoms with Gasteiger partial charge < -0.3 is 18.9 Å². The van der Waals surface area contributed by atoms with E-state index in [2.05, 4.69) is 10.3 Å². The number of hydrogen-bond donors (Lipinski definition) is 1. The highest BCUT2D eigenvalue weighted by molar-refractivity contribution is 6.31. The number of rotatable bonds is 4. The van der Waals surface area contributed by atoms with E-state index < -0.39 is 0 Å². The van der Waals surface area contributed by atoms with Crippen molar-refractivity contribution in [3.63, 3.8) is 0 Å². The summed E-state index contributed by atoms with van der Waals surface area (Å²) in [5.41, 5.74) is 1.54. The summed E-state index contributed by atoms with van der Waals surface area (Å²) in [5.74, 6) is 1.39. The lowest BCUT2D eigenvalue weighted by atomic mass is 9.86. The molecule has 2 heterocycles. The average Bonchev–Trinajstić information content (AvgIpc) is 3.28. The van der Waals surface area contributed by atoms with E-state index in [1.807, 2.05) is 12.1 Å². The van der Waals surface area contributed by atoms with E-state index in [0.29, 0.717) is 11.0 Å². The minimum atomic E-state index is -0.215. The molecular weight excluding hydrogens is 356 g/mol. The Morgan fingerprint density at radius 1 is 1.19 bits per heavy atom. The van der Waals surface area contributed by atoms with Crippen molar-refractivity contribution in [1.29, 1.82) is 0 Å². The molecular formula is C19H19ClN2O4. The van der Waals surface area contributed by atoms with Gasteiger partial charge in [-0.15, -0.1) is 0 Å². The van der Waals surface area contributed by atoms with Crippen LogP contribution in [0.25, 0.3) is 11.1 Å². The topological polar surface area (TPSA) is 77.5 Å². The maximum absolute atomic E-state index is 12.2. The summed E-state index contributed by atoms with van der Waals surface area (Å²) in [5, 5.41) is 3.67. The first-order valence-corrected chi connectivity index (χ1v) is 9.01. The van der Waals surface area contributed by atoms with Crippen molar-refractivity contribution in [3.05, 3.63) is 47.0 Å². The molecule has 3 aromatic rings. The van der Waals surface area contributed by atoms with Gasteiger partial charge in [0.25, 0.3) is 11.9 Å². The second kappa shape index (κ2) is 7.03. The lowest BCUT2D eigenvalue weighted by Crippen LogP contribution is -2.37. The third kappa shape index (κ3) is 3.42. The number of nitrogens with zero attached hydrogens (tertiary/aromatic N) is 1. The number of nitrogens with one attached hydrogen (secondary N) is 1. The van der Waals surface area contributed by atoms with Gasteiger partial charge in [0.15, 0.2) is 17.2 Å². The van der Waals surface area contributed by atoms with Crippen LogP contribution in [0.2, 0.25) is 5.02 Å². The van der Waals surface area contributed by atoms with Crippen molar-refractivity contribution >= 4 is 28.6 Å². The molecule has 1 aliphatic carbocycles. The van der Waals surface area contributed by atoms with Gasteiger partial charge in [0.05, 0.1) is 7.11 Å². The quantitative estimate of drug-likeness (QED) is 0.725. The summed E-state index contributed by atoms with van der Waals surface area (Å²) in [7, 11) is 1.50. The largest absolute Gasteiger partial charge is 0.468 e. The lowest BCUT2D eigenvalue weighted by molar-refractivity contribution is 0.0890. The Kier molecular flexibility index (Phi) is 4.59. The van der Waals surface area contributed by atoms with Crippen molar-refractivity contribution < 1.29 is 18.4 Å². The number of carbonyl (C=O) groups is 1. The van der Waals surface area contributed by atoms with Gasteiger partial charge in [0.1, 0.15) is 5.52 Å². The molecule has 1 fully saturated rings. The van der Waals surface area contributed by atoms with Crippen molar-refractivity contribution in [2.24, 2.45) is 0 Å². The van der Waals surface area contributed by atoms with E-state index in [9.17, 15) is 4.79 Å². The number of ether oxygens (including phenoxy) is 1. The number of methoxy groups -OCH3 is 1. The van der Waals surface area contributed by atoms with Gasteiger partial charge >= 0.3 is 0 Å². The highest BCUT2D eigenvalue weighted by Crippen LogP contribution is 2.34. The van der Waals surface area contributed by atoms with Gasteiger partial charge in [-0.25, -0.2) is 4.98 Å². The van der Waals surface area contributed by atoms with E-state index in [-0.39, 0.29) is 23.6 Å². The molecule has 1 amide bonds. The second-order valence-electron chi connectivity index (χ2n) is 6.51. The number of hydrogen-bond acceptors (Lipinski definition) is 5. The second-order valence-corrected chi connectivity index (χ2v) is 6.95. The van der Waals surface area contributed by atoms with Crippen molar-refractivity contribution in [1.82, 2.24) is 10.3 Å². The third-order valence-electron chi connectivity index (χ3n) is 4.78. The number of carbonyl (C=O) groups excluding carboxylic acids is 1. The Labute approximate surface area is 155 Å². The van der Waals surface area contributed by atoms with E-state index in [0.717, 1.165) is 42.7 Å². The summed E-state index contributed by atoms with van der Waals surface area (Å²) in [4.78, 5) is 16.8. The molecule has 136 valence electrons. The summed E-state index contributed by atoms with van der Waals surface area (Å²) in [6.45, 7) is 0. The van der Waals surface area contributed by atoms with Crippen molar-refractivity contribution in [3.8, 4) is 5.95 Å². The SMILES string of the molecule is COc1ccc(C(=O)NC2CCC(c3nc4cc(Cl)ccc4o3)CC2)o1. The van der Waals surface area contributed by atoms with Crippen LogP contribution in [0.5, 0.6) is 5.95 Å². The summed E-state index contributed by atoms with van der Waals surface area (Å²) in [6.07, 6.45) is 3.56. The van der Waals surface area contributed by atoms with Gasteiger partial charge in [-0.2, -0.15) is 0 Å². The highest BCUT2D eigenvalue weighted by Gasteiger charge is 2.27. The molecule has 0 bridgehead atoms. The molecule has 0 spiro atoms. The van der Waals surface area contributed by atoms with Crippen LogP contribution < -0.4 is 10.1 Å². The van der Waals surface area contributed by atoms with Crippen LogP contribution in [-0.2, 0) is 0 Å². The summed E-state index contributed by atoms with van der Waals surface area (Å²) >= 11 is 6.01. The maximum atomic E-state index is 12.2. The van der Waals surface area contributed by atoms with Gasteiger partial charge in [0, 0.05) is 23.0 Å². The van der Waals surface area contributed by atoms with E-state index in [1.165, 1.54) is 7.11 Å². The first kappa shape index (κ1) is 17.0. The number of furan rings is 1. The summed E-state index contributed by atoms with van der Waals surface area (Å²) in [6, 6.07) is 8.82. The average molecular weight is 375 g/mol. The first-order chi connectivity index (χ1) is 12.6. The zero-order chi connectivity index (χ0) is 18.1. The number of oxazole rings is 1. The fraction of sp³-hybridized carbons (Fsp3) is 0.368. The highest BCUT2D eigenvalue weighted by atomic mass is 35.5. The normalized spacial score (nSPS) is 20.2. The Bertz CT molecular complexity index is 925. The molecule has 0 unspecified atom stereocenters. The van der Waals surface area contributed by atoms with Crippen molar-refractivity contribution in [2.45, 2.75) is 37.6 Å². The van der Waals surface area contributed by atoms with E-state index >= 15 is 0 Å². The number of amides is 1. The van der Waals surface area contributed by atoms with Crippen LogP contribution in [-0.4, -0.2) is 24.0 Å². The standard InChI is InChI=1S/C19H19ClN2O4/c1-24-17-9-8-16(25-17)18(23)21-13-5-2-11(3-6-13)19-22-14-10-12(20)4-7-15(14)26-19/h4,7-11,13H,2-3,5-6H2,1H3,(H,21,23). The van der Waals surface area contributed by atoms with Gasteiger partial charge in [-0.1, -0.05) is 11.6 Å². The Morgan fingerprint density at radius 3 is 2.73 bits per heavy atom. The van der Waals surface area contributed by atoms with Crippen LogP contribution in [0.15, 0.2) is 39.2 Å². The number of halogens is 1. The zero-order valence-corrected chi connectivity index (χ0v) is 15.1. The van der Waals surface area contributed by atoms with Crippen molar-refractivity contribution in [2.75, 3.05) is 7.11 Å². The molecule has 7 heteroatoms. The molecule has 0 atom stereocenters. The molecule has 6 nitrogen and oxygen atoms in total. The Morgan fingerprint density at radius 2 is 2.00 bits per heavy atom. The molecule has 4 rings (SSSR count). The number of fused-ring (bicyclic) bond motifs is 1. The van der Waals surface area contributed by atoms with Gasteiger partial charge in [-0.05, 0) is 49.9 Å². The number of benzene rings is 1. The Balaban J connectivity index is 1.36. The predicted molar refractivity (Wildman–Crippen MR) is 96.7 cm³/mol. The van der Waals surface area contributed by atoms with Crippen LogP contribution in [0.3, 0.4) is 0 Å². The van der Waals surface area contributed by atoms with E-state index in [4.69, 9.17) is 25.2 Å². The Hall–Kier alpha value is -2.47. The fourth-order valence-corrected chi connectivity index (χ4v) is 3.55. The summed E-state index contributed by atoms with van der Waals surface area (Å²) < 4.78 is 16.1. The molecule has 1 N–H and O–H groups in total. The third-order valence-corrected chi connectivity index (χ3v) is 5.02. The lowest BCUT2D eigenvalue weighted by Gasteiger charge is -2.27.